The number of rotatable bonds is 3. The number of allylic oxidation sites excluding steroid dienone is 2. The smallest absolute Gasteiger partial charge is 0.450 e. The molecule has 0 saturated carbocycles. The lowest BCUT2D eigenvalue weighted by Gasteiger charge is -2.15. The SMILES string of the molecule is N#C/C(=C(\Oc1ccccc1)C(F)(F)F)c1ccccc1. The van der Waals surface area contributed by atoms with E-state index in [9.17, 15) is 13.2 Å². The van der Waals surface area contributed by atoms with Crippen LogP contribution in [0.4, 0.5) is 13.2 Å². The van der Waals surface area contributed by atoms with Crippen molar-refractivity contribution in [3.05, 3.63) is 72.0 Å². The average molecular weight is 289 g/mol. The summed E-state index contributed by atoms with van der Waals surface area (Å²) >= 11 is 0. The van der Waals surface area contributed by atoms with E-state index >= 15 is 0 Å². The molecule has 0 unspecified atom stereocenters. The maximum Gasteiger partial charge on any atom is 0.450 e. The van der Waals surface area contributed by atoms with Gasteiger partial charge < -0.3 is 4.74 Å². The highest BCUT2D eigenvalue weighted by Gasteiger charge is 2.40. The minimum atomic E-state index is -4.77. The third-order valence-electron chi connectivity index (χ3n) is 2.62. The van der Waals surface area contributed by atoms with Gasteiger partial charge in [0.25, 0.3) is 0 Å². The molecule has 2 rings (SSSR count). The monoisotopic (exact) mass is 289 g/mol. The van der Waals surface area contributed by atoms with Crippen LogP contribution in [0.15, 0.2) is 66.4 Å². The molecule has 5 heteroatoms. The molecule has 0 atom stereocenters. The highest BCUT2D eigenvalue weighted by Crippen LogP contribution is 2.34. The van der Waals surface area contributed by atoms with Crippen LogP contribution in [0, 0.1) is 11.3 Å². The molecule has 0 bridgehead atoms. The van der Waals surface area contributed by atoms with Crippen LogP contribution in [-0.2, 0) is 0 Å². The lowest BCUT2D eigenvalue weighted by atomic mass is 10.1. The highest BCUT2D eigenvalue weighted by atomic mass is 19.4. The van der Waals surface area contributed by atoms with E-state index in [-0.39, 0.29) is 11.3 Å². The van der Waals surface area contributed by atoms with Crippen LogP contribution < -0.4 is 4.74 Å². The quantitative estimate of drug-likeness (QED) is 0.613. The first kappa shape index (κ1) is 14.7. The zero-order chi connectivity index (χ0) is 15.3. The number of para-hydroxylation sites is 1. The van der Waals surface area contributed by atoms with E-state index in [0.717, 1.165) is 0 Å². The van der Waals surface area contributed by atoms with E-state index < -0.39 is 17.5 Å². The van der Waals surface area contributed by atoms with Gasteiger partial charge in [-0.15, -0.1) is 0 Å². The molecule has 0 aliphatic carbocycles. The Labute approximate surface area is 119 Å². The van der Waals surface area contributed by atoms with Crippen LogP contribution >= 0.6 is 0 Å². The van der Waals surface area contributed by atoms with Crippen LogP contribution in [0.1, 0.15) is 5.56 Å². The molecule has 0 saturated heterocycles. The second-order valence-corrected chi connectivity index (χ2v) is 4.09. The lowest BCUT2D eigenvalue weighted by Crippen LogP contribution is -2.19. The van der Waals surface area contributed by atoms with Crippen molar-refractivity contribution >= 4 is 5.57 Å². The Kier molecular flexibility index (Phi) is 4.29. The van der Waals surface area contributed by atoms with Crippen molar-refractivity contribution in [2.45, 2.75) is 6.18 Å². The summed E-state index contributed by atoms with van der Waals surface area (Å²) in [5.74, 6) is -1.30. The van der Waals surface area contributed by atoms with Crippen molar-refractivity contribution in [3.8, 4) is 11.8 Å². The first-order chi connectivity index (χ1) is 10.0. The zero-order valence-electron chi connectivity index (χ0n) is 10.8. The molecule has 106 valence electrons. The first-order valence-electron chi connectivity index (χ1n) is 6.02. The average Bonchev–Trinajstić information content (AvgIpc) is 2.48. The van der Waals surface area contributed by atoms with Crippen molar-refractivity contribution < 1.29 is 17.9 Å². The molecule has 2 aromatic rings. The number of alkyl halides is 3. The highest BCUT2D eigenvalue weighted by molar-refractivity contribution is 5.79. The van der Waals surface area contributed by atoms with Crippen LogP contribution in [0.3, 0.4) is 0 Å². The molecule has 0 aromatic heterocycles. The second kappa shape index (κ2) is 6.14. The Hall–Kier alpha value is -2.74. The molecular formula is C16H10F3NO. The molecule has 0 heterocycles. The molecule has 0 radical (unpaired) electrons. The van der Waals surface area contributed by atoms with Gasteiger partial charge in [0.05, 0.1) is 0 Å². The van der Waals surface area contributed by atoms with E-state index in [1.165, 1.54) is 24.3 Å². The summed E-state index contributed by atoms with van der Waals surface area (Å²) in [5, 5.41) is 9.10. The van der Waals surface area contributed by atoms with E-state index in [1.807, 2.05) is 0 Å². The minimum Gasteiger partial charge on any atom is -0.451 e. The zero-order valence-corrected chi connectivity index (χ0v) is 10.8. The first-order valence-corrected chi connectivity index (χ1v) is 6.02. The largest absolute Gasteiger partial charge is 0.451 e. The number of hydrogen-bond donors (Lipinski definition) is 0. The molecule has 0 aliphatic heterocycles. The Morgan fingerprint density at radius 2 is 1.43 bits per heavy atom. The van der Waals surface area contributed by atoms with Gasteiger partial charge in [-0.05, 0) is 17.7 Å². The topological polar surface area (TPSA) is 33.0 Å². The van der Waals surface area contributed by atoms with Crippen molar-refractivity contribution in [1.82, 2.24) is 0 Å². The van der Waals surface area contributed by atoms with Crippen molar-refractivity contribution in [2.24, 2.45) is 0 Å². The number of nitriles is 1. The number of ether oxygens (including phenoxy) is 1. The van der Waals surface area contributed by atoms with Gasteiger partial charge in [-0.25, -0.2) is 0 Å². The van der Waals surface area contributed by atoms with Gasteiger partial charge in [0.15, 0.2) is 0 Å². The molecule has 2 aromatic carbocycles. The fourth-order valence-corrected chi connectivity index (χ4v) is 1.71. The van der Waals surface area contributed by atoms with Crippen molar-refractivity contribution in [3.63, 3.8) is 0 Å². The summed E-state index contributed by atoms with van der Waals surface area (Å²) < 4.78 is 44.5. The van der Waals surface area contributed by atoms with Crippen LogP contribution in [-0.4, -0.2) is 6.18 Å². The summed E-state index contributed by atoms with van der Waals surface area (Å²) in [6.45, 7) is 0. The van der Waals surface area contributed by atoms with Gasteiger partial charge in [0.1, 0.15) is 17.4 Å². The fraction of sp³-hybridized carbons (Fsp3) is 0.0625. The molecule has 2 nitrogen and oxygen atoms in total. The van der Waals surface area contributed by atoms with E-state index in [4.69, 9.17) is 10.00 Å². The van der Waals surface area contributed by atoms with Gasteiger partial charge in [-0.2, -0.15) is 18.4 Å². The summed E-state index contributed by atoms with van der Waals surface area (Å²) in [6, 6.07) is 16.8. The summed E-state index contributed by atoms with van der Waals surface area (Å²) in [4.78, 5) is 0. The Morgan fingerprint density at radius 1 is 0.905 bits per heavy atom. The third kappa shape index (κ3) is 3.63. The third-order valence-corrected chi connectivity index (χ3v) is 2.62. The molecule has 0 amide bonds. The van der Waals surface area contributed by atoms with Crippen molar-refractivity contribution in [2.75, 3.05) is 0 Å². The second-order valence-electron chi connectivity index (χ2n) is 4.09. The number of benzene rings is 2. The van der Waals surface area contributed by atoms with Crippen molar-refractivity contribution in [1.29, 1.82) is 5.26 Å². The Bertz CT molecular complexity index is 670. The maximum absolute atomic E-state index is 13.2. The molecule has 0 fully saturated rings. The van der Waals surface area contributed by atoms with Crippen LogP contribution in [0.2, 0.25) is 0 Å². The lowest BCUT2D eigenvalue weighted by molar-refractivity contribution is -0.115. The van der Waals surface area contributed by atoms with Gasteiger partial charge in [0, 0.05) is 0 Å². The predicted molar refractivity (Wildman–Crippen MR) is 72.1 cm³/mol. The summed E-state index contributed by atoms with van der Waals surface area (Å²) in [5.41, 5.74) is -0.393. The number of hydrogen-bond acceptors (Lipinski definition) is 2. The summed E-state index contributed by atoms with van der Waals surface area (Å²) in [7, 11) is 0. The number of nitrogens with zero attached hydrogens (tertiary/aromatic N) is 1. The Balaban J connectivity index is 2.53. The molecule has 21 heavy (non-hydrogen) atoms. The summed E-state index contributed by atoms with van der Waals surface area (Å²) in [6.07, 6.45) is -4.77. The van der Waals surface area contributed by atoms with E-state index in [1.54, 1.807) is 42.5 Å². The molecule has 0 aliphatic rings. The molecule has 0 N–H and O–H groups in total. The van der Waals surface area contributed by atoms with E-state index in [2.05, 4.69) is 0 Å². The standard InChI is InChI=1S/C16H10F3NO/c17-16(18,19)15(21-13-9-5-2-6-10-13)14(11-20)12-7-3-1-4-8-12/h1-10H/b15-14+. The maximum atomic E-state index is 13.2. The predicted octanol–water partition coefficient (Wildman–Crippen LogP) is 4.56. The van der Waals surface area contributed by atoms with Gasteiger partial charge in [-0.3, -0.25) is 0 Å². The molecule has 0 spiro atoms. The molecular weight excluding hydrogens is 279 g/mol. The minimum absolute atomic E-state index is 0.0218. The van der Waals surface area contributed by atoms with Gasteiger partial charge in [0.2, 0.25) is 5.76 Å². The van der Waals surface area contributed by atoms with Crippen LogP contribution in [0.5, 0.6) is 5.75 Å². The number of halogens is 3. The Morgan fingerprint density at radius 3 is 1.90 bits per heavy atom. The fourth-order valence-electron chi connectivity index (χ4n) is 1.71. The normalized spacial score (nSPS) is 12.3. The van der Waals surface area contributed by atoms with Gasteiger partial charge in [-0.1, -0.05) is 48.5 Å². The van der Waals surface area contributed by atoms with Gasteiger partial charge >= 0.3 is 6.18 Å². The van der Waals surface area contributed by atoms with Crippen LogP contribution in [0.25, 0.3) is 5.57 Å². The van der Waals surface area contributed by atoms with E-state index in [0.29, 0.717) is 0 Å².